The van der Waals surface area contributed by atoms with Crippen LogP contribution in [0, 0.1) is 0 Å². The molecule has 0 spiro atoms. The first-order valence-electron chi connectivity index (χ1n) is 4.79. The first kappa shape index (κ1) is 15.4. The molecular formula is C9H18I2N3O+. The Morgan fingerprint density at radius 1 is 1.60 bits per heavy atom. The Hall–Kier alpha value is 0.400. The summed E-state index contributed by atoms with van der Waals surface area (Å²) in [6.45, 7) is 7.47. The minimum Gasteiger partial charge on any atom is -0.352 e. The lowest BCUT2D eigenvalue weighted by atomic mass is 10.4. The molecule has 0 aliphatic carbocycles. The van der Waals surface area contributed by atoms with E-state index < -0.39 is 0 Å². The summed E-state index contributed by atoms with van der Waals surface area (Å²) in [5.74, 6) is 1.34. The maximum atomic E-state index is 10.6. The van der Waals surface area contributed by atoms with Crippen LogP contribution in [0.1, 0.15) is 13.8 Å². The van der Waals surface area contributed by atoms with Gasteiger partial charge in [0.25, 0.3) is 0 Å². The molecule has 0 radical (unpaired) electrons. The molecule has 0 aromatic heterocycles. The topological polar surface area (TPSA) is 35.4 Å². The van der Waals surface area contributed by atoms with Gasteiger partial charge in [-0.05, 0) is 0 Å². The van der Waals surface area contributed by atoms with Gasteiger partial charge in [0.05, 0.1) is 13.6 Å². The van der Waals surface area contributed by atoms with Crippen molar-refractivity contribution in [2.24, 2.45) is 0 Å². The SMILES string of the molecule is CC(=O)NCCN1CC[N+](C)=C1C.II. The Morgan fingerprint density at radius 3 is 2.60 bits per heavy atom. The van der Waals surface area contributed by atoms with Crippen molar-refractivity contribution in [2.45, 2.75) is 13.8 Å². The molecule has 15 heavy (non-hydrogen) atoms. The molecule has 1 N–H and O–H groups in total. The van der Waals surface area contributed by atoms with E-state index in [9.17, 15) is 4.79 Å². The van der Waals surface area contributed by atoms with Crippen LogP contribution in [0.25, 0.3) is 0 Å². The minimum atomic E-state index is 0.0465. The van der Waals surface area contributed by atoms with Crippen LogP contribution in [-0.2, 0) is 4.79 Å². The summed E-state index contributed by atoms with van der Waals surface area (Å²) in [5.41, 5.74) is 0. The van der Waals surface area contributed by atoms with Gasteiger partial charge in [-0.1, -0.05) is 0 Å². The fourth-order valence-corrected chi connectivity index (χ4v) is 1.48. The summed E-state index contributed by atoms with van der Waals surface area (Å²) in [7, 11) is 2.09. The predicted octanol–water partition coefficient (Wildman–Crippen LogP) is 1.27. The Balaban J connectivity index is 0.000000921. The van der Waals surface area contributed by atoms with E-state index in [4.69, 9.17) is 0 Å². The van der Waals surface area contributed by atoms with E-state index in [2.05, 4.69) is 66.0 Å². The van der Waals surface area contributed by atoms with E-state index >= 15 is 0 Å². The lowest BCUT2D eigenvalue weighted by Gasteiger charge is -2.10. The zero-order chi connectivity index (χ0) is 11.8. The summed E-state index contributed by atoms with van der Waals surface area (Å²) in [4.78, 5) is 12.9. The minimum absolute atomic E-state index is 0.0465. The van der Waals surface area contributed by atoms with Gasteiger partial charge in [0.2, 0.25) is 11.7 Å². The van der Waals surface area contributed by atoms with Crippen molar-refractivity contribution in [1.82, 2.24) is 10.2 Å². The van der Waals surface area contributed by atoms with E-state index in [-0.39, 0.29) is 5.91 Å². The van der Waals surface area contributed by atoms with Crippen molar-refractivity contribution < 1.29 is 9.37 Å². The summed E-state index contributed by atoms with van der Waals surface area (Å²) < 4.78 is 2.23. The third kappa shape index (κ3) is 5.88. The Bertz CT molecular complexity index is 244. The second kappa shape index (κ2) is 8.54. The van der Waals surface area contributed by atoms with Gasteiger partial charge in [0.15, 0.2) is 0 Å². The molecule has 0 bridgehead atoms. The standard InChI is InChI=1S/C9H17N3O.I2/c1-8(13)10-4-5-12-7-6-11(3)9(12)2;1-2/h4-7H2,1-3H3;/p+1. The molecule has 1 rings (SSSR count). The number of hydrogen-bond donors (Lipinski definition) is 1. The molecule has 88 valence electrons. The molecule has 1 aliphatic heterocycles. The van der Waals surface area contributed by atoms with Crippen molar-refractivity contribution in [3.8, 4) is 0 Å². The molecule has 0 saturated heterocycles. The molecule has 0 fully saturated rings. The first-order chi connectivity index (χ1) is 7.11. The Morgan fingerprint density at radius 2 is 2.20 bits per heavy atom. The van der Waals surface area contributed by atoms with Crippen LogP contribution < -0.4 is 5.32 Å². The number of amidine groups is 1. The van der Waals surface area contributed by atoms with Crippen molar-refractivity contribution in [1.29, 1.82) is 0 Å². The molecule has 0 atom stereocenters. The molecule has 0 aromatic carbocycles. The van der Waals surface area contributed by atoms with Gasteiger partial charge in [-0.25, -0.2) is 0 Å². The Kier molecular flexibility index (Phi) is 8.77. The van der Waals surface area contributed by atoms with Crippen molar-refractivity contribution in [2.75, 3.05) is 33.2 Å². The monoisotopic (exact) mass is 438 g/mol. The van der Waals surface area contributed by atoms with Crippen LogP contribution in [0.4, 0.5) is 0 Å². The molecular weight excluding hydrogens is 420 g/mol. The number of rotatable bonds is 3. The summed E-state index contributed by atoms with van der Waals surface area (Å²) >= 11 is 4.24. The van der Waals surface area contributed by atoms with E-state index in [0.29, 0.717) is 0 Å². The van der Waals surface area contributed by atoms with E-state index in [1.54, 1.807) is 6.92 Å². The summed E-state index contributed by atoms with van der Waals surface area (Å²) in [6.07, 6.45) is 0. The van der Waals surface area contributed by atoms with Crippen LogP contribution in [0.5, 0.6) is 0 Å². The van der Waals surface area contributed by atoms with Gasteiger partial charge in [-0.2, -0.15) is 0 Å². The third-order valence-corrected chi connectivity index (χ3v) is 2.47. The highest BCUT2D eigenvalue weighted by molar-refractivity contribution is 15.0. The highest BCUT2D eigenvalue weighted by Gasteiger charge is 2.23. The van der Waals surface area contributed by atoms with E-state index in [0.717, 1.165) is 26.2 Å². The molecule has 1 amide bonds. The van der Waals surface area contributed by atoms with Gasteiger partial charge in [-0.3, -0.25) is 14.3 Å². The van der Waals surface area contributed by atoms with Gasteiger partial charge in [0, 0.05) is 51.1 Å². The van der Waals surface area contributed by atoms with Gasteiger partial charge < -0.3 is 5.32 Å². The fourth-order valence-electron chi connectivity index (χ4n) is 1.48. The van der Waals surface area contributed by atoms with Gasteiger partial charge in [0.1, 0.15) is 19.6 Å². The number of halogens is 2. The second-order valence-corrected chi connectivity index (χ2v) is 3.44. The van der Waals surface area contributed by atoms with E-state index in [1.807, 2.05) is 0 Å². The van der Waals surface area contributed by atoms with Crippen LogP contribution >= 0.6 is 37.2 Å². The van der Waals surface area contributed by atoms with Gasteiger partial charge in [-0.15, -0.1) is 0 Å². The van der Waals surface area contributed by atoms with Crippen molar-refractivity contribution in [3.63, 3.8) is 0 Å². The first-order valence-corrected chi connectivity index (χ1v) is 11.1. The fraction of sp³-hybridized carbons (Fsp3) is 0.778. The molecule has 0 aromatic rings. The number of hydrogen-bond acceptors (Lipinski definition) is 2. The molecule has 0 unspecified atom stereocenters. The van der Waals surface area contributed by atoms with Crippen molar-refractivity contribution >= 4 is 49.0 Å². The predicted molar refractivity (Wildman–Crippen MR) is 80.0 cm³/mol. The maximum Gasteiger partial charge on any atom is 0.243 e. The smallest absolute Gasteiger partial charge is 0.243 e. The normalized spacial score (nSPS) is 14.9. The molecule has 0 saturated carbocycles. The molecule has 4 nitrogen and oxygen atoms in total. The van der Waals surface area contributed by atoms with Crippen molar-refractivity contribution in [3.05, 3.63) is 0 Å². The van der Waals surface area contributed by atoms with E-state index in [1.165, 1.54) is 5.84 Å². The highest BCUT2D eigenvalue weighted by atomic mass is 128. The Labute approximate surface area is 115 Å². The average molecular weight is 438 g/mol. The zero-order valence-corrected chi connectivity index (χ0v) is 13.7. The van der Waals surface area contributed by atoms with Gasteiger partial charge >= 0.3 is 0 Å². The van der Waals surface area contributed by atoms with Crippen LogP contribution in [0.3, 0.4) is 0 Å². The lowest BCUT2D eigenvalue weighted by Crippen LogP contribution is -2.35. The van der Waals surface area contributed by atoms with Crippen LogP contribution in [0.15, 0.2) is 0 Å². The highest BCUT2D eigenvalue weighted by Crippen LogP contribution is 1.98. The number of nitrogens with zero attached hydrogens (tertiary/aromatic N) is 2. The largest absolute Gasteiger partial charge is 0.352 e. The number of nitrogens with one attached hydrogen (secondary N) is 1. The lowest BCUT2D eigenvalue weighted by molar-refractivity contribution is -0.487. The van der Waals surface area contributed by atoms with Crippen LogP contribution in [-0.4, -0.2) is 54.4 Å². The maximum absolute atomic E-state index is 10.6. The number of carbonyl (C=O) groups excluding carboxylic acids is 1. The molecule has 1 heterocycles. The summed E-state index contributed by atoms with van der Waals surface area (Å²) in [5, 5.41) is 2.80. The summed E-state index contributed by atoms with van der Waals surface area (Å²) in [6, 6.07) is 0. The number of likely N-dealkylation sites (N-methyl/N-ethyl adjacent to an activating group) is 1. The number of carbonyl (C=O) groups is 1. The number of amides is 1. The zero-order valence-electron chi connectivity index (χ0n) is 9.39. The quantitative estimate of drug-likeness (QED) is 0.533. The average Bonchev–Trinajstić information content (AvgIpc) is 2.52. The second-order valence-electron chi connectivity index (χ2n) is 3.44. The third-order valence-electron chi connectivity index (χ3n) is 2.47. The molecule has 6 heteroatoms. The molecule has 1 aliphatic rings. The van der Waals surface area contributed by atoms with Crippen LogP contribution in [0.2, 0.25) is 0 Å².